The van der Waals surface area contributed by atoms with Gasteiger partial charge < -0.3 is 19.3 Å². The number of benzene rings is 2. The molecule has 3 rings (SSSR count). The summed E-state index contributed by atoms with van der Waals surface area (Å²) in [6, 6.07) is 9.96. The van der Waals surface area contributed by atoms with Gasteiger partial charge in [-0.25, -0.2) is 4.39 Å². The van der Waals surface area contributed by atoms with Crippen LogP contribution in [0.25, 0.3) is 0 Å². The number of nitrogens with zero attached hydrogens (tertiary/aromatic N) is 2. The van der Waals surface area contributed by atoms with Gasteiger partial charge in [0, 0.05) is 38.3 Å². The highest BCUT2D eigenvalue weighted by molar-refractivity contribution is 6.32. The van der Waals surface area contributed by atoms with E-state index in [0.717, 1.165) is 5.69 Å². The van der Waals surface area contributed by atoms with Crippen LogP contribution in [0.15, 0.2) is 36.4 Å². The number of carbonyl (C=O) groups excluding carboxylic acids is 1. The van der Waals surface area contributed by atoms with Gasteiger partial charge in [0.2, 0.25) is 5.91 Å². The molecule has 1 aliphatic heterocycles. The van der Waals surface area contributed by atoms with E-state index in [2.05, 4.69) is 4.90 Å². The molecule has 0 aromatic heterocycles. The number of hydrogen-bond donors (Lipinski definition) is 0. The van der Waals surface area contributed by atoms with Crippen molar-refractivity contribution in [1.29, 1.82) is 0 Å². The first-order valence-corrected chi connectivity index (χ1v) is 9.09. The maximum atomic E-state index is 13.8. The monoisotopic (exact) mass is 392 g/mol. The minimum absolute atomic E-state index is 0.0691. The normalized spacial score (nSPS) is 14.2. The van der Waals surface area contributed by atoms with E-state index in [0.29, 0.717) is 48.3 Å². The Labute approximate surface area is 163 Å². The van der Waals surface area contributed by atoms with Crippen molar-refractivity contribution in [3.05, 3.63) is 52.8 Å². The predicted octanol–water partition coefficient (Wildman–Crippen LogP) is 3.39. The number of amides is 1. The molecule has 1 fully saturated rings. The van der Waals surface area contributed by atoms with Crippen LogP contribution in [0.3, 0.4) is 0 Å². The molecule has 1 aliphatic rings. The molecule has 1 amide bonds. The lowest BCUT2D eigenvalue weighted by Crippen LogP contribution is -2.49. The van der Waals surface area contributed by atoms with Gasteiger partial charge in [-0.15, -0.1) is 0 Å². The quantitative estimate of drug-likeness (QED) is 0.782. The maximum absolute atomic E-state index is 13.8. The molecule has 0 bridgehead atoms. The minimum atomic E-state index is -0.345. The smallest absolute Gasteiger partial charge is 0.227 e. The van der Waals surface area contributed by atoms with Crippen LogP contribution in [-0.4, -0.2) is 51.2 Å². The van der Waals surface area contributed by atoms with E-state index in [1.165, 1.54) is 6.07 Å². The molecule has 0 aliphatic carbocycles. The number of hydrogen-bond acceptors (Lipinski definition) is 4. The standard InChI is InChI=1S/C20H22ClFN2O3/c1-26-18-13-17(19(27-2)12-15(18)21)23-7-9-24(10-8-23)20(25)11-14-5-3-4-6-16(14)22/h3-6,12-13H,7-11H2,1-2H3. The van der Waals surface area contributed by atoms with Crippen LogP contribution in [-0.2, 0) is 11.2 Å². The Hall–Kier alpha value is -2.47. The molecule has 1 heterocycles. The number of anilines is 1. The van der Waals surface area contributed by atoms with Crippen LogP contribution in [0.5, 0.6) is 11.5 Å². The van der Waals surface area contributed by atoms with E-state index in [-0.39, 0.29) is 18.1 Å². The first-order valence-electron chi connectivity index (χ1n) is 8.71. The van der Waals surface area contributed by atoms with Crippen LogP contribution in [0.4, 0.5) is 10.1 Å². The largest absolute Gasteiger partial charge is 0.495 e. The van der Waals surface area contributed by atoms with Crippen molar-refractivity contribution in [1.82, 2.24) is 4.90 Å². The van der Waals surface area contributed by atoms with Crippen molar-refractivity contribution in [2.24, 2.45) is 0 Å². The van der Waals surface area contributed by atoms with Gasteiger partial charge in [0.05, 0.1) is 31.4 Å². The van der Waals surface area contributed by atoms with E-state index >= 15 is 0 Å². The molecule has 0 unspecified atom stereocenters. The summed E-state index contributed by atoms with van der Waals surface area (Å²) in [6.07, 6.45) is 0.0742. The average molecular weight is 393 g/mol. The fraction of sp³-hybridized carbons (Fsp3) is 0.350. The number of rotatable bonds is 5. The molecule has 0 saturated carbocycles. The SMILES string of the molecule is COc1cc(N2CCN(C(=O)Cc3ccccc3F)CC2)c(OC)cc1Cl. The number of carbonyl (C=O) groups is 1. The second-order valence-corrected chi connectivity index (χ2v) is 6.70. The van der Waals surface area contributed by atoms with Crippen molar-refractivity contribution in [2.45, 2.75) is 6.42 Å². The Balaban J connectivity index is 1.67. The lowest BCUT2D eigenvalue weighted by Gasteiger charge is -2.37. The molecular formula is C20H22ClFN2O3. The second-order valence-electron chi connectivity index (χ2n) is 6.29. The third kappa shape index (κ3) is 4.27. The van der Waals surface area contributed by atoms with Gasteiger partial charge in [-0.2, -0.15) is 0 Å². The van der Waals surface area contributed by atoms with E-state index < -0.39 is 0 Å². The van der Waals surface area contributed by atoms with E-state index in [1.807, 2.05) is 6.07 Å². The summed E-state index contributed by atoms with van der Waals surface area (Å²) in [4.78, 5) is 16.4. The van der Waals surface area contributed by atoms with Crippen molar-refractivity contribution in [3.8, 4) is 11.5 Å². The molecule has 2 aromatic rings. The summed E-state index contributed by atoms with van der Waals surface area (Å²) in [5.41, 5.74) is 1.30. The fourth-order valence-electron chi connectivity index (χ4n) is 3.20. The van der Waals surface area contributed by atoms with Gasteiger partial charge >= 0.3 is 0 Å². The Bertz CT molecular complexity index is 823. The highest BCUT2D eigenvalue weighted by Gasteiger charge is 2.24. The topological polar surface area (TPSA) is 42.0 Å². The molecule has 0 spiro atoms. The van der Waals surface area contributed by atoms with Gasteiger partial charge in [-0.05, 0) is 11.6 Å². The summed E-state index contributed by atoms with van der Waals surface area (Å²) in [6.45, 7) is 2.40. The first-order chi connectivity index (χ1) is 13.0. The van der Waals surface area contributed by atoms with Gasteiger partial charge in [0.15, 0.2) is 0 Å². The zero-order valence-corrected chi connectivity index (χ0v) is 16.1. The molecule has 27 heavy (non-hydrogen) atoms. The Morgan fingerprint density at radius 1 is 1.07 bits per heavy atom. The van der Waals surface area contributed by atoms with Gasteiger partial charge in [0.1, 0.15) is 17.3 Å². The summed E-state index contributed by atoms with van der Waals surface area (Å²) < 4.78 is 24.5. The first kappa shape index (κ1) is 19.3. The van der Waals surface area contributed by atoms with E-state index in [9.17, 15) is 9.18 Å². The third-order valence-electron chi connectivity index (χ3n) is 4.73. The third-order valence-corrected chi connectivity index (χ3v) is 5.02. The van der Waals surface area contributed by atoms with Crippen LogP contribution in [0.1, 0.15) is 5.56 Å². The summed E-state index contributed by atoms with van der Waals surface area (Å²) in [5.74, 6) is 0.820. The molecule has 0 radical (unpaired) electrons. The van der Waals surface area contributed by atoms with Crippen LogP contribution in [0.2, 0.25) is 5.02 Å². The molecule has 0 N–H and O–H groups in total. The molecule has 5 nitrogen and oxygen atoms in total. The lowest BCUT2D eigenvalue weighted by atomic mass is 10.1. The highest BCUT2D eigenvalue weighted by Crippen LogP contribution is 2.38. The van der Waals surface area contributed by atoms with E-state index in [1.54, 1.807) is 43.4 Å². The minimum Gasteiger partial charge on any atom is -0.495 e. The highest BCUT2D eigenvalue weighted by atomic mass is 35.5. The van der Waals surface area contributed by atoms with Gasteiger partial charge in [0.25, 0.3) is 0 Å². The Morgan fingerprint density at radius 3 is 2.37 bits per heavy atom. The molecule has 7 heteroatoms. The van der Waals surface area contributed by atoms with Crippen LogP contribution in [0, 0.1) is 5.82 Å². The fourth-order valence-corrected chi connectivity index (χ4v) is 3.44. The van der Waals surface area contributed by atoms with Gasteiger partial charge in [-0.3, -0.25) is 4.79 Å². The van der Waals surface area contributed by atoms with E-state index in [4.69, 9.17) is 21.1 Å². The summed E-state index contributed by atoms with van der Waals surface area (Å²) in [5, 5.41) is 0.483. The molecule has 0 atom stereocenters. The van der Waals surface area contributed by atoms with Crippen molar-refractivity contribution in [3.63, 3.8) is 0 Å². The summed E-state index contributed by atoms with van der Waals surface area (Å²) in [7, 11) is 3.16. The summed E-state index contributed by atoms with van der Waals surface area (Å²) >= 11 is 6.17. The molecular weight excluding hydrogens is 371 g/mol. The Morgan fingerprint density at radius 2 is 1.74 bits per heavy atom. The van der Waals surface area contributed by atoms with Gasteiger partial charge in [-0.1, -0.05) is 29.8 Å². The van der Waals surface area contributed by atoms with Crippen molar-refractivity contribution in [2.75, 3.05) is 45.3 Å². The molecule has 1 saturated heterocycles. The Kier molecular flexibility index (Phi) is 6.06. The number of halogens is 2. The molecule has 2 aromatic carbocycles. The number of piperazine rings is 1. The zero-order chi connectivity index (χ0) is 19.4. The number of methoxy groups -OCH3 is 2. The zero-order valence-electron chi connectivity index (χ0n) is 15.4. The predicted molar refractivity (Wildman–Crippen MR) is 103 cm³/mol. The lowest BCUT2D eigenvalue weighted by molar-refractivity contribution is -0.130. The maximum Gasteiger partial charge on any atom is 0.227 e. The molecule has 144 valence electrons. The second kappa shape index (κ2) is 8.48. The van der Waals surface area contributed by atoms with Crippen molar-refractivity contribution >= 4 is 23.2 Å². The van der Waals surface area contributed by atoms with Crippen LogP contribution < -0.4 is 14.4 Å². The van der Waals surface area contributed by atoms with Crippen molar-refractivity contribution < 1.29 is 18.7 Å². The number of ether oxygens (including phenoxy) is 2. The average Bonchev–Trinajstić information content (AvgIpc) is 2.69. The van der Waals surface area contributed by atoms with Crippen LogP contribution >= 0.6 is 11.6 Å².